The van der Waals surface area contributed by atoms with Crippen LogP contribution < -0.4 is 5.32 Å². The lowest BCUT2D eigenvalue weighted by Crippen LogP contribution is -2.29. The third kappa shape index (κ3) is 3.67. The Balaban J connectivity index is 2.37. The van der Waals surface area contributed by atoms with Crippen LogP contribution in [0.2, 0.25) is 0 Å². The number of nitrogens with one attached hydrogen (secondary N) is 1. The van der Waals surface area contributed by atoms with Crippen LogP contribution in [0.1, 0.15) is 33.4 Å². The van der Waals surface area contributed by atoms with Crippen LogP contribution in [0.5, 0.6) is 0 Å². The maximum absolute atomic E-state index is 3.57. The molecule has 1 aromatic rings. The van der Waals surface area contributed by atoms with E-state index in [1.54, 1.807) is 0 Å². The fraction of sp³-hybridized carbons (Fsp3) is 0.714. The second-order valence-corrected chi connectivity index (χ2v) is 5.39. The molecule has 0 aliphatic heterocycles. The van der Waals surface area contributed by atoms with E-state index < -0.39 is 0 Å². The van der Waals surface area contributed by atoms with Crippen LogP contribution in [0.15, 0.2) is 18.3 Å². The number of rotatable bonds is 6. The molecule has 1 aromatic heterocycles. The second-order valence-electron chi connectivity index (χ2n) is 5.39. The van der Waals surface area contributed by atoms with Gasteiger partial charge in [-0.25, -0.2) is 0 Å². The molecule has 0 spiro atoms. The molecular weight excluding hydrogens is 196 g/mol. The van der Waals surface area contributed by atoms with Crippen molar-refractivity contribution in [2.75, 3.05) is 6.54 Å². The molecule has 0 aromatic carbocycles. The molecule has 0 unspecified atom stereocenters. The van der Waals surface area contributed by atoms with Gasteiger partial charge in [-0.1, -0.05) is 27.7 Å². The molecule has 1 N–H and O–H groups in total. The summed E-state index contributed by atoms with van der Waals surface area (Å²) in [6.07, 6.45) is 2.10. The standard InChI is InChI=1S/C14H26N2/c1-11(2)14(12(3)4)10-15-9-13-7-6-8-16(13)5/h6-8,11-12,14-15H,9-10H2,1-5H3. The maximum atomic E-state index is 3.57. The first-order chi connectivity index (χ1) is 7.52. The van der Waals surface area contributed by atoms with Crippen LogP contribution in [0.4, 0.5) is 0 Å². The Morgan fingerprint density at radius 3 is 2.25 bits per heavy atom. The smallest absolute Gasteiger partial charge is 0.0359 e. The molecule has 16 heavy (non-hydrogen) atoms. The topological polar surface area (TPSA) is 17.0 Å². The Morgan fingerprint density at radius 1 is 1.19 bits per heavy atom. The first kappa shape index (κ1) is 13.3. The van der Waals surface area contributed by atoms with Crippen molar-refractivity contribution >= 4 is 0 Å². The molecule has 1 rings (SSSR count). The predicted octanol–water partition coefficient (Wildman–Crippen LogP) is 3.04. The zero-order chi connectivity index (χ0) is 12.1. The lowest BCUT2D eigenvalue weighted by Gasteiger charge is -2.25. The second kappa shape index (κ2) is 6.09. The maximum Gasteiger partial charge on any atom is 0.0359 e. The molecule has 2 heteroatoms. The minimum Gasteiger partial charge on any atom is -0.353 e. The lowest BCUT2D eigenvalue weighted by molar-refractivity contribution is 0.275. The summed E-state index contributed by atoms with van der Waals surface area (Å²) < 4.78 is 2.17. The molecule has 2 nitrogen and oxygen atoms in total. The Hall–Kier alpha value is -0.760. The van der Waals surface area contributed by atoms with Crippen molar-refractivity contribution in [2.45, 2.75) is 34.2 Å². The van der Waals surface area contributed by atoms with Crippen molar-refractivity contribution in [1.82, 2.24) is 9.88 Å². The summed E-state index contributed by atoms with van der Waals surface area (Å²) >= 11 is 0. The molecule has 0 saturated carbocycles. The van der Waals surface area contributed by atoms with Crippen molar-refractivity contribution in [3.05, 3.63) is 24.0 Å². The van der Waals surface area contributed by atoms with Gasteiger partial charge < -0.3 is 9.88 Å². The zero-order valence-corrected chi connectivity index (χ0v) is 11.3. The summed E-state index contributed by atoms with van der Waals surface area (Å²) in [7, 11) is 2.10. The van der Waals surface area contributed by atoms with Crippen molar-refractivity contribution in [1.29, 1.82) is 0 Å². The van der Waals surface area contributed by atoms with Gasteiger partial charge in [0.2, 0.25) is 0 Å². The Bertz CT molecular complexity index is 291. The van der Waals surface area contributed by atoms with E-state index in [1.165, 1.54) is 5.69 Å². The van der Waals surface area contributed by atoms with Gasteiger partial charge in [0.1, 0.15) is 0 Å². The molecule has 0 atom stereocenters. The van der Waals surface area contributed by atoms with Crippen molar-refractivity contribution in [2.24, 2.45) is 24.8 Å². The quantitative estimate of drug-likeness (QED) is 0.783. The van der Waals surface area contributed by atoms with Crippen molar-refractivity contribution < 1.29 is 0 Å². The van der Waals surface area contributed by atoms with Crippen molar-refractivity contribution in [3.8, 4) is 0 Å². The lowest BCUT2D eigenvalue weighted by atomic mass is 9.85. The first-order valence-corrected chi connectivity index (χ1v) is 6.33. The van der Waals surface area contributed by atoms with Gasteiger partial charge in [0.15, 0.2) is 0 Å². The third-order valence-corrected chi connectivity index (χ3v) is 3.45. The molecular formula is C14H26N2. The van der Waals surface area contributed by atoms with Crippen LogP contribution in [-0.4, -0.2) is 11.1 Å². The van der Waals surface area contributed by atoms with Gasteiger partial charge in [-0.3, -0.25) is 0 Å². The van der Waals surface area contributed by atoms with E-state index in [9.17, 15) is 0 Å². The molecule has 1 heterocycles. The monoisotopic (exact) mass is 222 g/mol. The van der Waals surface area contributed by atoms with Crippen molar-refractivity contribution in [3.63, 3.8) is 0 Å². The highest BCUT2D eigenvalue weighted by Gasteiger charge is 2.16. The molecule has 0 bridgehead atoms. The van der Waals surface area contributed by atoms with E-state index >= 15 is 0 Å². The Labute approximate surface area is 100 Å². The number of hydrogen-bond donors (Lipinski definition) is 1. The van der Waals surface area contributed by atoms with E-state index in [2.05, 4.69) is 63.0 Å². The minimum absolute atomic E-state index is 0.751. The number of nitrogens with zero attached hydrogens (tertiary/aromatic N) is 1. The van der Waals surface area contributed by atoms with Crippen LogP contribution >= 0.6 is 0 Å². The van der Waals surface area contributed by atoms with Crippen LogP contribution in [0.25, 0.3) is 0 Å². The van der Waals surface area contributed by atoms with Crippen LogP contribution in [0.3, 0.4) is 0 Å². The molecule has 0 amide bonds. The predicted molar refractivity (Wildman–Crippen MR) is 70.3 cm³/mol. The van der Waals surface area contributed by atoms with Gasteiger partial charge in [-0.05, 0) is 36.4 Å². The van der Waals surface area contributed by atoms with Gasteiger partial charge in [0.25, 0.3) is 0 Å². The van der Waals surface area contributed by atoms with E-state index in [1.807, 2.05) is 0 Å². The number of aryl methyl sites for hydroxylation is 1. The van der Waals surface area contributed by atoms with Gasteiger partial charge in [-0.2, -0.15) is 0 Å². The van der Waals surface area contributed by atoms with Gasteiger partial charge in [0, 0.05) is 25.5 Å². The summed E-state index contributed by atoms with van der Waals surface area (Å²) in [4.78, 5) is 0. The molecule has 0 aliphatic rings. The Kier molecular flexibility index (Phi) is 5.07. The normalized spacial score (nSPS) is 12.0. The number of hydrogen-bond acceptors (Lipinski definition) is 1. The van der Waals surface area contributed by atoms with Gasteiger partial charge >= 0.3 is 0 Å². The fourth-order valence-corrected chi connectivity index (χ4v) is 2.29. The summed E-state index contributed by atoms with van der Waals surface area (Å²) in [5.74, 6) is 2.27. The van der Waals surface area contributed by atoms with E-state index in [0.717, 1.165) is 30.8 Å². The average molecular weight is 222 g/mol. The van der Waals surface area contributed by atoms with E-state index in [4.69, 9.17) is 0 Å². The molecule has 0 saturated heterocycles. The molecule has 92 valence electrons. The minimum atomic E-state index is 0.751. The largest absolute Gasteiger partial charge is 0.353 e. The highest BCUT2D eigenvalue weighted by Crippen LogP contribution is 2.19. The SMILES string of the molecule is CC(C)C(CNCc1cccn1C)C(C)C. The van der Waals surface area contributed by atoms with Crippen LogP contribution in [0, 0.1) is 17.8 Å². The summed E-state index contributed by atoms with van der Waals surface area (Å²) in [6, 6.07) is 4.27. The zero-order valence-electron chi connectivity index (χ0n) is 11.3. The third-order valence-electron chi connectivity index (χ3n) is 3.45. The van der Waals surface area contributed by atoms with Crippen LogP contribution in [-0.2, 0) is 13.6 Å². The highest BCUT2D eigenvalue weighted by molar-refractivity contribution is 5.05. The summed E-state index contributed by atoms with van der Waals surface area (Å²) in [5.41, 5.74) is 1.35. The average Bonchev–Trinajstić information content (AvgIpc) is 2.57. The summed E-state index contributed by atoms with van der Waals surface area (Å²) in [6.45, 7) is 11.3. The summed E-state index contributed by atoms with van der Waals surface area (Å²) in [5, 5.41) is 3.57. The van der Waals surface area contributed by atoms with Gasteiger partial charge in [-0.15, -0.1) is 0 Å². The van der Waals surface area contributed by atoms with Gasteiger partial charge in [0.05, 0.1) is 0 Å². The molecule has 0 radical (unpaired) electrons. The number of aromatic nitrogens is 1. The Morgan fingerprint density at radius 2 is 1.81 bits per heavy atom. The fourth-order valence-electron chi connectivity index (χ4n) is 2.29. The highest BCUT2D eigenvalue weighted by atomic mass is 15.0. The molecule has 0 aliphatic carbocycles. The molecule has 0 fully saturated rings. The van der Waals surface area contributed by atoms with E-state index in [-0.39, 0.29) is 0 Å². The van der Waals surface area contributed by atoms with E-state index in [0.29, 0.717) is 0 Å². The first-order valence-electron chi connectivity index (χ1n) is 6.33.